The molecule has 1 aliphatic carbocycles. The Labute approximate surface area is 188 Å². The molecule has 0 amide bonds. The van der Waals surface area contributed by atoms with Crippen molar-refractivity contribution >= 4 is 12.4 Å². The second-order valence-corrected chi connectivity index (χ2v) is 7.81. The number of hydrogen-bond acceptors (Lipinski definition) is 4. The molecular weight excluding hydrogens is 380 g/mol. The van der Waals surface area contributed by atoms with Crippen LogP contribution < -0.4 is 10.6 Å². The predicted molar refractivity (Wildman–Crippen MR) is 136 cm³/mol. The van der Waals surface area contributed by atoms with Gasteiger partial charge in [-0.3, -0.25) is 15.3 Å². The Hall–Kier alpha value is -2.72. The average Bonchev–Trinajstić information content (AvgIpc) is 2.81. The van der Waals surface area contributed by atoms with Crippen molar-refractivity contribution in [2.75, 3.05) is 6.67 Å². The largest absolute Gasteiger partial charge is 0.368 e. The number of nitrogens with zero attached hydrogens (tertiary/aromatic N) is 2. The lowest BCUT2D eigenvalue weighted by Gasteiger charge is -2.22. The van der Waals surface area contributed by atoms with Crippen molar-refractivity contribution in [3.8, 4) is 0 Å². The van der Waals surface area contributed by atoms with E-state index in [0.29, 0.717) is 12.7 Å². The van der Waals surface area contributed by atoms with Crippen LogP contribution >= 0.6 is 0 Å². The van der Waals surface area contributed by atoms with Gasteiger partial charge in [-0.1, -0.05) is 63.1 Å². The minimum absolute atomic E-state index is 0.580. The van der Waals surface area contributed by atoms with Crippen LogP contribution in [0.15, 0.2) is 83.2 Å². The lowest BCUT2D eigenvalue weighted by atomic mass is 9.96. The van der Waals surface area contributed by atoms with E-state index in [2.05, 4.69) is 66.2 Å². The van der Waals surface area contributed by atoms with E-state index < -0.39 is 0 Å². The monoisotopic (exact) mass is 418 g/mol. The van der Waals surface area contributed by atoms with Crippen molar-refractivity contribution in [3.05, 3.63) is 84.4 Å². The van der Waals surface area contributed by atoms with E-state index in [9.17, 15) is 0 Å². The summed E-state index contributed by atoms with van der Waals surface area (Å²) in [7, 11) is 0. The summed E-state index contributed by atoms with van der Waals surface area (Å²) in [4.78, 5) is 8.72. The third kappa shape index (κ3) is 9.75. The lowest BCUT2D eigenvalue weighted by Crippen LogP contribution is -2.31. The Morgan fingerprint density at radius 1 is 1.10 bits per heavy atom. The van der Waals surface area contributed by atoms with Gasteiger partial charge in [-0.05, 0) is 73.9 Å². The van der Waals surface area contributed by atoms with Crippen molar-refractivity contribution in [2.24, 2.45) is 9.98 Å². The van der Waals surface area contributed by atoms with Gasteiger partial charge in [0.15, 0.2) is 0 Å². The first-order chi connectivity index (χ1) is 15.3. The first-order valence-electron chi connectivity index (χ1n) is 11.5. The molecule has 1 aromatic carbocycles. The molecule has 0 bridgehead atoms. The van der Waals surface area contributed by atoms with Gasteiger partial charge < -0.3 is 5.32 Å². The van der Waals surface area contributed by atoms with Crippen LogP contribution in [-0.2, 0) is 12.8 Å². The van der Waals surface area contributed by atoms with Gasteiger partial charge in [-0.25, -0.2) is 0 Å². The number of rotatable bonds is 13. The van der Waals surface area contributed by atoms with E-state index in [1.807, 2.05) is 18.4 Å². The third-order valence-electron chi connectivity index (χ3n) is 5.57. The van der Waals surface area contributed by atoms with Crippen molar-refractivity contribution in [2.45, 2.75) is 64.3 Å². The van der Waals surface area contributed by atoms with Crippen LogP contribution in [0, 0.1) is 0 Å². The molecule has 4 heteroatoms. The summed E-state index contributed by atoms with van der Waals surface area (Å²) >= 11 is 0. The summed E-state index contributed by atoms with van der Waals surface area (Å²) in [6.07, 6.45) is 20.9. The lowest BCUT2D eigenvalue weighted by molar-refractivity contribution is 0.378. The van der Waals surface area contributed by atoms with Gasteiger partial charge in [-0.15, -0.1) is 0 Å². The standard InChI is InChI=1S/C27H38N4/c1-4-23-14-16-24(17-15-23)10-9-11-25(18-21-29-5-2)27(19-20-28-3)31-22-30-26-12-7-6-8-13-26/h5,11,14-21,26,29-30H,2-4,6-10,12-13,22H2,1H3/b20-19-,21-18-,25-11+,31-27?. The fourth-order valence-corrected chi connectivity index (χ4v) is 3.73. The van der Waals surface area contributed by atoms with Crippen molar-refractivity contribution in [3.63, 3.8) is 0 Å². The molecule has 1 saturated carbocycles. The normalized spacial score (nSPS) is 16.2. The van der Waals surface area contributed by atoms with Gasteiger partial charge in [-0.2, -0.15) is 0 Å². The molecule has 31 heavy (non-hydrogen) atoms. The summed E-state index contributed by atoms with van der Waals surface area (Å²) in [5, 5.41) is 6.62. The molecule has 2 rings (SSSR count). The van der Waals surface area contributed by atoms with E-state index in [4.69, 9.17) is 4.99 Å². The van der Waals surface area contributed by atoms with E-state index >= 15 is 0 Å². The first kappa shape index (κ1) is 24.5. The van der Waals surface area contributed by atoms with Crippen LogP contribution in [0.1, 0.15) is 56.6 Å². The quantitative estimate of drug-likeness (QED) is 0.310. The second kappa shape index (κ2) is 15.1. The summed E-state index contributed by atoms with van der Waals surface area (Å²) < 4.78 is 0. The predicted octanol–water partition coefficient (Wildman–Crippen LogP) is 5.89. The second-order valence-electron chi connectivity index (χ2n) is 7.81. The van der Waals surface area contributed by atoms with Gasteiger partial charge in [0.05, 0.1) is 12.4 Å². The van der Waals surface area contributed by atoms with Gasteiger partial charge in [0.2, 0.25) is 0 Å². The number of aryl methyl sites for hydroxylation is 2. The van der Waals surface area contributed by atoms with Gasteiger partial charge >= 0.3 is 0 Å². The molecule has 0 saturated heterocycles. The highest BCUT2D eigenvalue weighted by Gasteiger charge is 2.12. The molecule has 166 valence electrons. The zero-order valence-electron chi connectivity index (χ0n) is 19.0. The van der Waals surface area contributed by atoms with Crippen molar-refractivity contribution < 1.29 is 0 Å². The minimum atomic E-state index is 0.580. The highest BCUT2D eigenvalue weighted by Crippen LogP contribution is 2.17. The zero-order valence-corrected chi connectivity index (χ0v) is 19.0. The molecule has 1 aliphatic rings. The number of allylic oxidation sites excluding steroid dienone is 4. The summed E-state index contributed by atoms with van der Waals surface area (Å²) in [5.41, 5.74) is 4.69. The smallest absolute Gasteiger partial charge is 0.0894 e. The summed E-state index contributed by atoms with van der Waals surface area (Å²) in [5.74, 6) is 0. The minimum Gasteiger partial charge on any atom is -0.368 e. The van der Waals surface area contributed by atoms with Crippen LogP contribution in [0.3, 0.4) is 0 Å². The third-order valence-corrected chi connectivity index (χ3v) is 5.57. The molecular formula is C27H38N4. The maximum atomic E-state index is 4.84. The Balaban J connectivity index is 2.10. The van der Waals surface area contributed by atoms with E-state index in [1.54, 1.807) is 12.4 Å². The summed E-state index contributed by atoms with van der Waals surface area (Å²) in [6, 6.07) is 9.47. The Bertz CT molecular complexity index is 778. The molecule has 4 nitrogen and oxygen atoms in total. The molecule has 0 spiro atoms. The van der Waals surface area contributed by atoms with Crippen LogP contribution in [0.2, 0.25) is 0 Å². The summed E-state index contributed by atoms with van der Waals surface area (Å²) in [6.45, 7) is 10.1. The maximum absolute atomic E-state index is 4.84. The van der Waals surface area contributed by atoms with Crippen LogP contribution in [0.5, 0.6) is 0 Å². The van der Waals surface area contributed by atoms with E-state index in [0.717, 1.165) is 30.5 Å². The van der Waals surface area contributed by atoms with Crippen molar-refractivity contribution in [1.29, 1.82) is 0 Å². The Morgan fingerprint density at radius 2 is 1.84 bits per heavy atom. The maximum Gasteiger partial charge on any atom is 0.0894 e. The van der Waals surface area contributed by atoms with Crippen molar-refractivity contribution in [1.82, 2.24) is 10.6 Å². The molecule has 0 unspecified atom stereocenters. The number of nitrogens with one attached hydrogen (secondary N) is 2. The molecule has 1 fully saturated rings. The Morgan fingerprint density at radius 3 is 2.52 bits per heavy atom. The topological polar surface area (TPSA) is 48.8 Å². The van der Waals surface area contributed by atoms with Gasteiger partial charge in [0, 0.05) is 18.4 Å². The van der Waals surface area contributed by atoms with E-state index in [-0.39, 0.29) is 0 Å². The number of aliphatic imine (C=N–C) groups is 2. The molecule has 0 aliphatic heterocycles. The molecule has 0 aromatic heterocycles. The highest BCUT2D eigenvalue weighted by atomic mass is 15.0. The van der Waals surface area contributed by atoms with Gasteiger partial charge in [0.25, 0.3) is 0 Å². The average molecular weight is 419 g/mol. The molecule has 2 N–H and O–H groups in total. The number of hydrogen-bond donors (Lipinski definition) is 2. The number of benzene rings is 1. The zero-order chi connectivity index (χ0) is 22.2. The Kier molecular flexibility index (Phi) is 12.0. The van der Waals surface area contributed by atoms with Gasteiger partial charge in [0.1, 0.15) is 0 Å². The molecule has 0 radical (unpaired) electrons. The SMILES string of the molecule is C=CN/C=C\C(=C/CCc1ccc(CC)cc1)C(/C=C\N=C)=NCNC1CCCCC1. The fourth-order valence-electron chi connectivity index (χ4n) is 3.73. The fraction of sp³-hybridized carbons (Fsp3) is 0.407. The highest BCUT2D eigenvalue weighted by molar-refractivity contribution is 6.10. The molecule has 0 atom stereocenters. The van der Waals surface area contributed by atoms with Crippen LogP contribution in [0.4, 0.5) is 0 Å². The van der Waals surface area contributed by atoms with Crippen LogP contribution in [0.25, 0.3) is 0 Å². The van der Waals surface area contributed by atoms with Crippen LogP contribution in [-0.4, -0.2) is 25.1 Å². The van der Waals surface area contributed by atoms with E-state index in [1.165, 1.54) is 43.2 Å². The molecule has 1 aromatic rings. The molecule has 0 heterocycles. The first-order valence-corrected chi connectivity index (χ1v) is 11.5.